The average Bonchev–Trinajstić information content (AvgIpc) is 3.14. The zero-order valence-corrected chi connectivity index (χ0v) is 16.0. The molecule has 0 aromatic heterocycles. The van der Waals surface area contributed by atoms with Crippen LogP contribution in [0.25, 0.3) is 0 Å². The van der Waals surface area contributed by atoms with E-state index in [9.17, 15) is 0 Å². The maximum atomic E-state index is 8.90. The summed E-state index contributed by atoms with van der Waals surface area (Å²) < 4.78 is 5.71. The van der Waals surface area contributed by atoms with Crippen LogP contribution < -0.4 is 10.2 Å². The van der Waals surface area contributed by atoms with Gasteiger partial charge < -0.3 is 19.9 Å². The van der Waals surface area contributed by atoms with E-state index in [1.165, 1.54) is 5.69 Å². The summed E-state index contributed by atoms with van der Waals surface area (Å²) in [6.07, 6.45) is 2.83. The first-order valence-corrected chi connectivity index (χ1v) is 9.48. The molecule has 0 spiro atoms. The van der Waals surface area contributed by atoms with Crippen LogP contribution in [0.3, 0.4) is 0 Å². The van der Waals surface area contributed by atoms with Crippen molar-refractivity contribution in [3.63, 3.8) is 0 Å². The van der Waals surface area contributed by atoms with Gasteiger partial charge in [0.15, 0.2) is 5.11 Å². The molecule has 1 saturated heterocycles. The molecule has 6 heteroatoms. The molecule has 1 aromatic carbocycles. The summed E-state index contributed by atoms with van der Waals surface area (Å²) in [5.41, 5.74) is 2.18. The van der Waals surface area contributed by atoms with E-state index >= 15 is 0 Å². The van der Waals surface area contributed by atoms with E-state index in [1.807, 2.05) is 4.90 Å². The molecule has 2 rings (SSSR count). The maximum Gasteiger partial charge on any atom is 0.173 e. The first-order chi connectivity index (χ1) is 12.2. The second kappa shape index (κ2) is 10.2. The summed E-state index contributed by atoms with van der Waals surface area (Å²) in [4.78, 5) is 4.35. The molecule has 0 saturated carbocycles. The van der Waals surface area contributed by atoms with Gasteiger partial charge in [-0.1, -0.05) is 0 Å². The third-order valence-corrected chi connectivity index (χ3v) is 4.84. The minimum absolute atomic E-state index is 0.212. The number of nitriles is 1. The number of hydrogen-bond donors (Lipinski definition) is 1. The number of benzene rings is 1. The van der Waals surface area contributed by atoms with E-state index in [-0.39, 0.29) is 6.10 Å². The fourth-order valence-corrected chi connectivity index (χ4v) is 3.33. The summed E-state index contributed by atoms with van der Waals surface area (Å²) in [5, 5.41) is 12.9. The predicted octanol–water partition coefficient (Wildman–Crippen LogP) is 3.62. The molecule has 0 radical (unpaired) electrons. The molecule has 5 nitrogen and oxygen atoms in total. The number of rotatable bonds is 8. The van der Waals surface area contributed by atoms with Crippen molar-refractivity contribution in [2.45, 2.75) is 39.2 Å². The molecular weight excluding hydrogens is 332 g/mol. The van der Waals surface area contributed by atoms with Gasteiger partial charge >= 0.3 is 0 Å². The molecule has 1 fully saturated rings. The lowest BCUT2D eigenvalue weighted by Crippen LogP contribution is -2.40. The monoisotopic (exact) mass is 360 g/mol. The van der Waals surface area contributed by atoms with E-state index in [1.54, 1.807) is 0 Å². The van der Waals surface area contributed by atoms with Gasteiger partial charge in [0.05, 0.1) is 18.6 Å². The molecule has 1 N–H and O–H groups in total. The largest absolute Gasteiger partial charge is 0.376 e. The standard InChI is InChI=1S/C19H28N4OS/c1-3-22(4-2)17-10-8-16(9-11-17)21-19(25)23(13-6-12-20)15-18-7-5-14-24-18/h8-11,18H,3-7,13-15H2,1-2H3,(H,21,25). The Labute approximate surface area is 156 Å². The molecule has 0 bridgehead atoms. The Morgan fingerprint density at radius 3 is 2.60 bits per heavy atom. The summed E-state index contributed by atoms with van der Waals surface area (Å²) in [6, 6.07) is 10.5. The highest BCUT2D eigenvalue weighted by Gasteiger charge is 2.20. The van der Waals surface area contributed by atoms with E-state index in [0.717, 1.165) is 44.8 Å². The van der Waals surface area contributed by atoms with E-state index in [2.05, 4.69) is 54.4 Å². The summed E-state index contributed by atoms with van der Waals surface area (Å²) in [7, 11) is 0. The first-order valence-electron chi connectivity index (χ1n) is 9.07. The van der Waals surface area contributed by atoms with Crippen LogP contribution in [-0.2, 0) is 4.74 Å². The first kappa shape index (κ1) is 19.5. The molecule has 0 amide bonds. The number of nitrogens with one attached hydrogen (secondary N) is 1. The molecule has 1 heterocycles. The fourth-order valence-electron chi connectivity index (χ4n) is 3.04. The van der Waals surface area contributed by atoms with Gasteiger partial charge in [0.25, 0.3) is 0 Å². The normalized spacial score (nSPS) is 16.3. The zero-order valence-electron chi connectivity index (χ0n) is 15.2. The van der Waals surface area contributed by atoms with Crippen LogP contribution >= 0.6 is 12.2 Å². The van der Waals surface area contributed by atoms with Gasteiger partial charge in [-0.05, 0) is 63.2 Å². The van der Waals surface area contributed by atoms with Crippen LogP contribution in [0.4, 0.5) is 11.4 Å². The summed E-state index contributed by atoms with van der Waals surface area (Å²) in [5.74, 6) is 0. The van der Waals surface area contributed by atoms with Gasteiger partial charge in [0.2, 0.25) is 0 Å². The molecular formula is C19H28N4OS. The summed E-state index contributed by atoms with van der Waals surface area (Å²) in [6.45, 7) is 8.48. The topological polar surface area (TPSA) is 51.5 Å². The Bertz CT molecular complexity index is 574. The highest BCUT2D eigenvalue weighted by atomic mass is 32.1. The molecule has 136 valence electrons. The van der Waals surface area contributed by atoms with Crippen molar-refractivity contribution in [1.82, 2.24) is 4.90 Å². The third kappa shape index (κ3) is 5.87. The van der Waals surface area contributed by atoms with Crippen LogP contribution in [0.15, 0.2) is 24.3 Å². The van der Waals surface area contributed by atoms with Crippen molar-refractivity contribution in [1.29, 1.82) is 5.26 Å². The number of ether oxygens (including phenoxy) is 1. The van der Waals surface area contributed by atoms with Gasteiger partial charge in [-0.15, -0.1) is 0 Å². The van der Waals surface area contributed by atoms with Crippen molar-refractivity contribution in [2.24, 2.45) is 0 Å². The van der Waals surface area contributed by atoms with E-state index in [0.29, 0.717) is 18.1 Å². The second-order valence-corrected chi connectivity index (χ2v) is 6.53. The summed E-state index contributed by atoms with van der Waals surface area (Å²) >= 11 is 5.57. The molecule has 25 heavy (non-hydrogen) atoms. The Morgan fingerprint density at radius 1 is 1.32 bits per heavy atom. The van der Waals surface area contributed by atoms with Crippen molar-refractivity contribution in [2.75, 3.05) is 43.0 Å². The number of hydrogen-bond acceptors (Lipinski definition) is 4. The van der Waals surface area contributed by atoms with Crippen molar-refractivity contribution < 1.29 is 4.74 Å². The molecule has 1 aliphatic rings. The minimum atomic E-state index is 0.212. The predicted molar refractivity (Wildman–Crippen MR) is 107 cm³/mol. The maximum absolute atomic E-state index is 8.90. The highest BCUT2D eigenvalue weighted by Crippen LogP contribution is 2.19. The Hall–Kier alpha value is -1.84. The molecule has 0 aliphatic carbocycles. The second-order valence-electron chi connectivity index (χ2n) is 6.14. The zero-order chi connectivity index (χ0) is 18.1. The number of anilines is 2. The smallest absolute Gasteiger partial charge is 0.173 e. The van der Waals surface area contributed by atoms with Crippen molar-refractivity contribution in [3.8, 4) is 6.07 Å². The lowest BCUT2D eigenvalue weighted by atomic mass is 10.2. The van der Waals surface area contributed by atoms with Crippen LogP contribution in [0, 0.1) is 11.3 Å². The molecule has 1 unspecified atom stereocenters. The highest BCUT2D eigenvalue weighted by molar-refractivity contribution is 7.80. The third-order valence-electron chi connectivity index (χ3n) is 4.48. The van der Waals surface area contributed by atoms with Crippen LogP contribution in [0.5, 0.6) is 0 Å². The Balaban J connectivity index is 1.97. The minimum Gasteiger partial charge on any atom is -0.376 e. The van der Waals surface area contributed by atoms with Crippen LogP contribution in [0.1, 0.15) is 33.1 Å². The number of nitrogens with zero attached hydrogens (tertiary/aromatic N) is 3. The van der Waals surface area contributed by atoms with E-state index < -0.39 is 0 Å². The lowest BCUT2D eigenvalue weighted by molar-refractivity contribution is 0.0922. The SMILES string of the molecule is CCN(CC)c1ccc(NC(=S)N(CCC#N)CC2CCCO2)cc1. The number of thiocarbonyl (C=S) groups is 1. The van der Waals surface area contributed by atoms with Crippen molar-refractivity contribution >= 4 is 28.7 Å². The molecule has 1 aromatic rings. The Kier molecular flexibility index (Phi) is 7.96. The molecule has 1 aliphatic heterocycles. The molecule has 1 atom stereocenters. The van der Waals surface area contributed by atoms with Crippen LogP contribution in [-0.4, -0.2) is 48.9 Å². The quantitative estimate of drug-likeness (QED) is 0.715. The Morgan fingerprint density at radius 2 is 2.04 bits per heavy atom. The lowest BCUT2D eigenvalue weighted by Gasteiger charge is -2.27. The van der Waals surface area contributed by atoms with E-state index in [4.69, 9.17) is 22.2 Å². The average molecular weight is 361 g/mol. The van der Waals surface area contributed by atoms with Gasteiger partial charge in [-0.3, -0.25) is 0 Å². The van der Waals surface area contributed by atoms with Crippen molar-refractivity contribution in [3.05, 3.63) is 24.3 Å². The van der Waals surface area contributed by atoms with Gasteiger partial charge in [-0.25, -0.2) is 0 Å². The van der Waals surface area contributed by atoms with Gasteiger partial charge in [0, 0.05) is 44.2 Å². The van der Waals surface area contributed by atoms with Gasteiger partial charge in [0.1, 0.15) is 0 Å². The van der Waals surface area contributed by atoms with Gasteiger partial charge in [-0.2, -0.15) is 5.26 Å². The van der Waals surface area contributed by atoms with Crippen LogP contribution in [0.2, 0.25) is 0 Å². The fraction of sp³-hybridized carbons (Fsp3) is 0.579.